The molecule has 2 rings (SSSR count). The number of rotatable bonds is 7. The summed E-state index contributed by atoms with van der Waals surface area (Å²) in [7, 11) is 0. The van der Waals surface area contributed by atoms with E-state index in [1.54, 1.807) is 0 Å². The molecule has 0 saturated heterocycles. The number of benzene rings is 1. The molecule has 1 heterocycles. The predicted octanol–water partition coefficient (Wildman–Crippen LogP) is 3.80. The first-order valence-corrected chi connectivity index (χ1v) is 7.28. The molecule has 0 fully saturated rings. The van der Waals surface area contributed by atoms with Gasteiger partial charge in [0, 0.05) is 30.2 Å². The molecule has 0 aliphatic rings. The van der Waals surface area contributed by atoms with Gasteiger partial charge in [-0.2, -0.15) is 0 Å². The van der Waals surface area contributed by atoms with Crippen LogP contribution in [0.2, 0.25) is 0 Å². The quantitative estimate of drug-likeness (QED) is 0.840. The fraction of sp³-hybridized carbons (Fsp3) is 0.353. The van der Waals surface area contributed by atoms with Gasteiger partial charge in [0.1, 0.15) is 0 Å². The SMILES string of the molecule is CCOc1ccc(NCc2ccc(C)nc2)cc1OCC. The summed E-state index contributed by atoms with van der Waals surface area (Å²) in [4.78, 5) is 4.29. The first kappa shape index (κ1) is 15.2. The number of ether oxygens (including phenoxy) is 2. The highest BCUT2D eigenvalue weighted by Crippen LogP contribution is 2.30. The second-order valence-electron chi connectivity index (χ2n) is 4.69. The summed E-state index contributed by atoms with van der Waals surface area (Å²) in [5, 5.41) is 3.37. The van der Waals surface area contributed by atoms with E-state index in [2.05, 4.69) is 16.4 Å². The van der Waals surface area contributed by atoms with Crippen LogP contribution in [0.25, 0.3) is 0 Å². The number of nitrogens with zero attached hydrogens (tertiary/aromatic N) is 1. The number of pyridine rings is 1. The third-order valence-electron chi connectivity index (χ3n) is 3.01. The van der Waals surface area contributed by atoms with Gasteiger partial charge in [0.05, 0.1) is 13.2 Å². The molecule has 0 bridgehead atoms. The zero-order valence-electron chi connectivity index (χ0n) is 12.8. The van der Waals surface area contributed by atoms with Crippen molar-refractivity contribution in [1.29, 1.82) is 0 Å². The minimum atomic E-state index is 0.616. The molecule has 0 aliphatic carbocycles. The third kappa shape index (κ3) is 4.38. The molecule has 2 aromatic rings. The van der Waals surface area contributed by atoms with Gasteiger partial charge in [0.2, 0.25) is 0 Å². The monoisotopic (exact) mass is 286 g/mol. The zero-order valence-corrected chi connectivity index (χ0v) is 12.8. The Bertz CT molecular complexity index is 568. The maximum atomic E-state index is 5.62. The Hall–Kier alpha value is -2.23. The van der Waals surface area contributed by atoms with Crippen molar-refractivity contribution in [1.82, 2.24) is 4.98 Å². The Morgan fingerprint density at radius 1 is 1.00 bits per heavy atom. The highest BCUT2D eigenvalue weighted by atomic mass is 16.5. The fourth-order valence-corrected chi connectivity index (χ4v) is 1.97. The van der Waals surface area contributed by atoms with Gasteiger partial charge in [-0.3, -0.25) is 4.98 Å². The van der Waals surface area contributed by atoms with E-state index < -0.39 is 0 Å². The molecular weight excluding hydrogens is 264 g/mol. The van der Waals surface area contributed by atoms with E-state index in [1.165, 1.54) is 0 Å². The first-order valence-electron chi connectivity index (χ1n) is 7.28. The number of hydrogen-bond acceptors (Lipinski definition) is 4. The highest BCUT2D eigenvalue weighted by molar-refractivity contribution is 5.55. The largest absolute Gasteiger partial charge is 0.490 e. The van der Waals surface area contributed by atoms with Crippen molar-refractivity contribution < 1.29 is 9.47 Å². The first-order chi connectivity index (χ1) is 10.2. The van der Waals surface area contributed by atoms with Crippen molar-refractivity contribution in [2.75, 3.05) is 18.5 Å². The van der Waals surface area contributed by atoms with Crippen molar-refractivity contribution in [3.05, 3.63) is 47.8 Å². The van der Waals surface area contributed by atoms with Gasteiger partial charge < -0.3 is 14.8 Å². The van der Waals surface area contributed by atoms with Crippen LogP contribution in [0, 0.1) is 6.92 Å². The summed E-state index contributed by atoms with van der Waals surface area (Å²) in [6.45, 7) is 7.89. The van der Waals surface area contributed by atoms with E-state index in [0.29, 0.717) is 13.2 Å². The third-order valence-corrected chi connectivity index (χ3v) is 3.01. The lowest BCUT2D eigenvalue weighted by Gasteiger charge is -2.13. The lowest BCUT2D eigenvalue weighted by atomic mass is 10.2. The summed E-state index contributed by atoms with van der Waals surface area (Å²) < 4.78 is 11.2. The molecule has 0 radical (unpaired) electrons. The second-order valence-corrected chi connectivity index (χ2v) is 4.69. The number of nitrogens with one attached hydrogen (secondary N) is 1. The van der Waals surface area contributed by atoms with Crippen LogP contribution in [-0.4, -0.2) is 18.2 Å². The molecule has 4 nitrogen and oxygen atoms in total. The Morgan fingerprint density at radius 3 is 2.43 bits per heavy atom. The summed E-state index contributed by atoms with van der Waals surface area (Å²) in [6, 6.07) is 9.99. The molecule has 1 N–H and O–H groups in total. The van der Waals surface area contributed by atoms with E-state index in [-0.39, 0.29) is 0 Å². The van der Waals surface area contributed by atoms with Crippen LogP contribution < -0.4 is 14.8 Å². The summed E-state index contributed by atoms with van der Waals surface area (Å²) >= 11 is 0. The Morgan fingerprint density at radius 2 is 1.76 bits per heavy atom. The molecule has 1 aromatic carbocycles. The Labute approximate surface area is 126 Å². The standard InChI is InChI=1S/C17H22N2O2/c1-4-20-16-9-8-15(10-17(16)21-5-2)19-12-14-7-6-13(3)18-11-14/h6-11,19H,4-5,12H2,1-3H3. The lowest BCUT2D eigenvalue weighted by Crippen LogP contribution is -2.02. The number of hydrogen-bond donors (Lipinski definition) is 1. The minimum absolute atomic E-state index is 0.616. The van der Waals surface area contributed by atoms with Crippen molar-refractivity contribution in [2.45, 2.75) is 27.3 Å². The van der Waals surface area contributed by atoms with Crippen LogP contribution in [0.1, 0.15) is 25.1 Å². The van der Waals surface area contributed by atoms with Crippen molar-refractivity contribution in [3.63, 3.8) is 0 Å². The number of anilines is 1. The molecule has 0 atom stereocenters. The van der Waals surface area contributed by atoms with Crippen LogP contribution in [0.15, 0.2) is 36.5 Å². The average Bonchev–Trinajstić information content (AvgIpc) is 2.49. The number of aryl methyl sites for hydroxylation is 1. The lowest BCUT2D eigenvalue weighted by molar-refractivity contribution is 0.288. The summed E-state index contributed by atoms with van der Waals surface area (Å²) in [5.74, 6) is 1.55. The zero-order chi connectivity index (χ0) is 15.1. The highest BCUT2D eigenvalue weighted by Gasteiger charge is 2.06. The van der Waals surface area contributed by atoms with Gasteiger partial charge in [-0.15, -0.1) is 0 Å². The maximum Gasteiger partial charge on any atom is 0.163 e. The van der Waals surface area contributed by atoms with Crippen LogP contribution in [0.5, 0.6) is 11.5 Å². The topological polar surface area (TPSA) is 43.4 Å². The van der Waals surface area contributed by atoms with Crippen molar-refractivity contribution >= 4 is 5.69 Å². The summed E-state index contributed by atoms with van der Waals surface area (Å²) in [5.41, 5.74) is 3.17. The molecule has 4 heteroatoms. The maximum absolute atomic E-state index is 5.62. The minimum Gasteiger partial charge on any atom is -0.490 e. The van der Waals surface area contributed by atoms with Crippen molar-refractivity contribution in [2.24, 2.45) is 0 Å². The van der Waals surface area contributed by atoms with Gasteiger partial charge in [0.25, 0.3) is 0 Å². The van der Waals surface area contributed by atoms with E-state index in [9.17, 15) is 0 Å². The van der Waals surface area contributed by atoms with E-state index >= 15 is 0 Å². The molecule has 0 unspecified atom stereocenters. The van der Waals surface area contributed by atoms with Crippen LogP contribution in [0.3, 0.4) is 0 Å². The smallest absolute Gasteiger partial charge is 0.163 e. The van der Waals surface area contributed by atoms with Crippen LogP contribution >= 0.6 is 0 Å². The van der Waals surface area contributed by atoms with Gasteiger partial charge in [-0.25, -0.2) is 0 Å². The normalized spacial score (nSPS) is 10.2. The van der Waals surface area contributed by atoms with E-state index in [1.807, 2.05) is 51.2 Å². The van der Waals surface area contributed by atoms with Crippen molar-refractivity contribution in [3.8, 4) is 11.5 Å². The Kier molecular flexibility index (Phi) is 5.43. The predicted molar refractivity (Wildman–Crippen MR) is 85.1 cm³/mol. The van der Waals surface area contributed by atoms with E-state index in [4.69, 9.17) is 9.47 Å². The molecule has 0 spiro atoms. The molecule has 21 heavy (non-hydrogen) atoms. The van der Waals surface area contributed by atoms with E-state index in [0.717, 1.165) is 35.0 Å². The average molecular weight is 286 g/mol. The molecule has 1 aromatic heterocycles. The van der Waals surface area contributed by atoms with Crippen LogP contribution in [-0.2, 0) is 6.54 Å². The molecule has 0 aliphatic heterocycles. The Balaban J connectivity index is 2.05. The number of aromatic nitrogens is 1. The summed E-state index contributed by atoms with van der Waals surface area (Å²) in [6.07, 6.45) is 1.89. The molecule has 0 amide bonds. The molecule has 112 valence electrons. The fourth-order valence-electron chi connectivity index (χ4n) is 1.97. The second kappa shape index (κ2) is 7.53. The molecule has 0 saturated carbocycles. The van der Waals surface area contributed by atoms with Gasteiger partial charge in [0.15, 0.2) is 11.5 Å². The van der Waals surface area contributed by atoms with Gasteiger partial charge >= 0.3 is 0 Å². The van der Waals surface area contributed by atoms with Crippen LogP contribution in [0.4, 0.5) is 5.69 Å². The molecular formula is C17H22N2O2. The van der Waals surface area contributed by atoms with Gasteiger partial charge in [-0.1, -0.05) is 6.07 Å². The van der Waals surface area contributed by atoms with Gasteiger partial charge in [-0.05, 0) is 44.5 Å².